The Bertz CT molecular complexity index is 1130. The number of hydrogen-bond donors (Lipinski definition) is 4. The van der Waals surface area contributed by atoms with Crippen LogP contribution in [0, 0.1) is 0 Å². The first-order valence-corrected chi connectivity index (χ1v) is 13.8. The van der Waals surface area contributed by atoms with Crippen molar-refractivity contribution in [3.63, 3.8) is 0 Å². The van der Waals surface area contributed by atoms with Crippen LogP contribution < -0.4 is 42.1 Å². The fraction of sp³-hybridized carbons (Fsp3) is 0.615. The maximum atomic E-state index is 13.1. The van der Waals surface area contributed by atoms with E-state index in [2.05, 4.69) is 37.0 Å². The van der Waals surface area contributed by atoms with Gasteiger partial charge in [0.25, 0.3) is 0 Å². The second-order valence-corrected chi connectivity index (χ2v) is 11.2. The molecular formula is C26H39N11O. The Hall–Kier alpha value is -3.22. The number of benzene rings is 1. The van der Waals surface area contributed by atoms with Gasteiger partial charge in [0.2, 0.25) is 23.8 Å². The second kappa shape index (κ2) is 10.2. The summed E-state index contributed by atoms with van der Waals surface area (Å²) in [7, 11) is 0. The molecular weight excluding hydrogens is 482 g/mol. The van der Waals surface area contributed by atoms with Crippen LogP contribution in [0.5, 0.6) is 0 Å². The van der Waals surface area contributed by atoms with Gasteiger partial charge in [0, 0.05) is 63.1 Å². The van der Waals surface area contributed by atoms with Crippen molar-refractivity contribution >= 4 is 29.4 Å². The molecule has 38 heavy (non-hydrogen) atoms. The molecule has 12 heteroatoms. The molecule has 4 fully saturated rings. The number of para-hydroxylation sites is 1. The Morgan fingerprint density at radius 3 is 2.05 bits per heavy atom. The van der Waals surface area contributed by atoms with E-state index >= 15 is 0 Å². The van der Waals surface area contributed by atoms with E-state index in [0.717, 1.165) is 38.0 Å². The van der Waals surface area contributed by atoms with Crippen LogP contribution in [0.4, 0.5) is 23.5 Å². The van der Waals surface area contributed by atoms with E-state index in [0.29, 0.717) is 63.5 Å². The molecule has 5 heterocycles. The van der Waals surface area contributed by atoms with Gasteiger partial charge in [-0.3, -0.25) is 4.79 Å². The number of anilines is 4. The normalized spacial score (nSPS) is 27.7. The van der Waals surface area contributed by atoms with Crippen LogP contribution >= 0.6 is 0 Å². The highest BCUT2D eigenvalue weighted by Crippen LogP contribution is 2.37. The van der Waals surface area contributed by atoms with Gasteiger partial charge < -0.3 is 42.1 Å². The first-order chi connectivity index (χ1) is 18.4. The van der Waals surface area contributed by atoms with Crippen molar-refractivity contribution in [2.45, 2.75) is 55.8 Å². The molecule has 204 valence electrons. The molecule has 4 aliphatic rings. The lowest BCUT2D eigenvalue weighted by molar-refractivity contribution is -0.124. The molecule has 3 atom stereocenters. The fourth-order valence-corrected chi connectivity index (χ4v) is 6.41. The third-order valence-electron chi connectivity index (χ3n) is 8.42. The van der Waals surface area contributed by atoms with Gasteiger partial charge >= 0.3 is 0 Å². The summed E-state index contributed by atoms with van der Waals surface area (Å²) in [5, 5.41) is 3.08. The zero-order valence-electron chi connectivity index (χ0n) is 21.9. The van der Waals surface area contributed by atoms with Crippen molar-refractivity contribution in [3.8, 4) is 0 Å². The van der Waals surface area contributed by atoms with Crippen molar-refractivity contribution in [2.75, 3.05) is 65.5 Å². The zero-order chi connectivity index (χ0) is 26.3. The molecule has 7 N–H and O–H groups in total. The first kappa shape index (κ1) is 25.1. The molecule has 12 nitrogen and oxygen atoms in total. The highest BCUT2D eigenvalue weighted by atomic mass is 16.2. The van der Waals surface area contributed by atoms with E-state index in [4.69, 9.17) is 32.2 Å². The van der Waals surface area contributed by atoms with Gasteiger partial charge in [0.15, 0.2) is 0 Å². The van der Waals surface area contributed by atoms with Crippen LogP contribution in [-0.4, -0.2) is 90.5 Å². The fourth-order valence-electron chi connectivity index (χ4n) is 6.41. The molecule has 4 saturated heterocycles. The number of carbonyl (C=O) groups is 1. The molecule has 1 amide bonds. The van der Waals surface area contributed by atoms with Crippen LogP contribution in [-0.2, 0) is 4.79 Å². The number of amides is 1. The highest BCUT2D eigenvalue weighted by Gasteiger charge is 2.50. The maximum absolute atomic E-state index is 13.1. The molecule has 0 unspecified atom stereocenters. The molecule has 4 aliphatic heterocycles. The van der Waals surface area contributed by atoms with Crippen molar-refractivity contribution in [3.05, 3.63) is 30.3 Å². The summed E-state index contributed by atoms with van der Waals surface area (Å²) >= 11 is 0. The molecule has 1 aromatic heterocycles. The highest BCUT2D eigenvalue weighted by molar-refractivity contribution is 5.93. The summed E-state index contributed by atoms with van der Waals surface area (Å²) in [5.74, 6) is 1.99. The van der Waals surface area contributed by atoms with Gasteiger partial charge in [0.1, 0.15) is 5.54 Å². The minimum absolute atomic E-state index is 0.0227. The van der Waals surface area contributed by atoms with E-state index in [9.17, 15) is 4.79 Å². The lowest BCUT2D eigenvalue weighted by atomic mass is 9.85. The number of aromatic nitrogens is 3. The number of hydrogen-bond acceptors (Lipinski definition) is 11. The molecule has 2 aromatic rings. The predicted molar refractivity (Wildman–Crippen MR) is 148 cm³/mol. The summed E-state index contributed by atoms with van der Waals surface area (Å²) in [6.45, 7) is 4.75. The Morgan fingerprint density at radius 2 is 1.39 bits per heavy atom. The number of carbonyl (C=O) groups excluding carboxylic acids is 1. The van der Waals surface area contributed by atoms with Crippen molar-refractivity contribution < 1.29 is 4.79 Å². The number of piperidine rings is 3. The standard InChI is InChI=1S/C26H39N11O/c27-18-5-4-10-35(14-18)24-31-23(32-25(33-24)36-15-19(28)13-20(29)16-36)34-11-8-26(9-12-34)22(38)30-17-37(26)21-6-2-1-3-7-21/h1-3,6-7,18-20H,4-5,8-17,27-29H2,(H,30,38)/t18-,19-,20+/m1/s1. The second-order valence-electron chi connectivity index (χ2n) is 11.2. The van der Waals surface area contributed by atoms with Crippen LogP contribution in [0.3, 0.4) is 0 Å². The van der Waals surface area contributed by atoms with Gasteiger partial charge in [-0.25, -0.2) is 0 Å². The van der Waals surface area contributed by atoms with Crippen molar-refractivity contribution in [1.29, 1.82) is 0 Å². The topological polar surface area (TPSA) is 159 Å². The van der Waals surface area contributed by atoms with E-state index < -0.39 is 5.54 Å². The van der Waals surface area contributed by atoms with Crippen LogP contribution in [0.1, 0.15) is 32.1 Å². The van der Waals surface area contributed by atoms with Crippen molar-refractivity contribution in [1.82, 2.24) is 20.3 Å². The van der Waals surface area contributed by atoms with E-state index in [1.54, 1.807) is 0 Å². The summed E-state index contributed by atoms with van der Waals surface area (Å²) in [5.41, 5.74) is 19.4. The average Bonchev–Trinajstić information content (AvgIpc) is 3.23. The SMILES string of the molecule is N[C@@H]1CCCN(c2nc(N3CCC4(CC3)C(=O)NCN4c3ccccc3)nc(N3C[C@H](N)C[C@H](N)C3)n2)C1. The van der Waals surface area contributed by atoms with E-state index in [-0.39, 0.29) is 24.0 Å². The minimum atomic E-state index is -0.567. The molecule has 0 saturated carbocycles. The molecule has 0 bridgehead atoms. The van der Waals surface area contributed by atoms with Gasteiger partial charge in [-0.1, -0.05) is 18.2 Å². The summed E-state index contributed by atoms with van der Waals surface area (Å²) in [6, 6.07) is 10.2. The summed E-state index contributed by atoms with van der Waals surface area (Å²) in [4.78, 5) is 36.5. The Morgan fingerprint density at radius 1 is 0.789 bits per heavy atom. The lowest BCUT2D eigenvalue weighted by Crippen LogP contribution is -2.57. The third-order valence-corrected chi connectivity index (χ3v) is 8.42. The Labute approximate surface area is 223 Å². The van der Waals surface area contributed by atoms with Gasteiger partial charge in [-0.2, -0.15) is 15.0 Å². The molecule has 0 aliphatic carbocycles. The van der Waals surface area contributed by atoms with Crippen LogP contribution in [0.15, 0.2) is 30.3 Å². The average molecular weight is 522 g/mol. The van der Waals surface area contributed by atoms with Gasteiger partial charge in [-0.05, 0) is 44.2 Å². The third kappa shape index (κ3) is 4.72. The summed E-state index contributed by atoms with van der Waals surface area (Å²) in [6.07, 6.45) is 4.16. The van der Waals surface area contributed by atoms with E-state index in [1.807, 2.05) is 18.2 Å². The van der Waals surface area contributed by atoms with Crippen molar-refractivity contribution in [2.24, 2.45) is 17.2 Å². The number of nitrogens with zero attached hydrogens (tertiary/aromatic N) is 7. The van der Waals surface area contributed by atoms with Crippen LogP contribution in [0.2, 0.25) is 0 Å². The largest absolute Gasteiger partial charge is 0.340 e. The first-order valence-electron chi connectivity index (χ1n) is 13.8. The van der Waals surface area contributed by atoms with Gasteiger partial charge in [-0.15, -0.1) is 0 Å². The number of nitrogens with one attached hydrogen (secondary N) is 1. The quantitative estimate of drug-likeness (QED) is 0.414. The zero-order valence-corrected chi connectivity index (χ0v) is 21.9. The monoisotopic (exact) mass is 521 g/mol. The Kier molecular flexibility index (Phi) is 6.70. The Balaban J connectivity index is 1.28. The number of nitrogens with two attached hydrogens (primary N) is 3. The molecule has 1 spiro atoms. The predicted octanol–water partition coefficient (Wildman–Crippen LogP) is -0.403. The van der Waals surface area contributed by atoms with Crippen LogP contribution in [0.25, 0.3) is 0 Å². The van der Waals surface area contributed by atoms with Gasteiger partial charge in [0.05, 0.1) is 6.67 Å². The number of rotatable bonds is 4. The summed E-state index contributed by atoms with van der Waals surface area (Å²) < 4.78 is 0. The smallest absolute Gasteiger partial charge is 0.247 e. The lowest BCUT2D eigenvalue weighted by Gasteiger charge is -2.43. The molecule has 1 aromatic carbocycles. The molecule has 6 rings (SSSR count). The molecule has 0 radical (unpaired) electrons. The maximum Gasteiger partial charge on any atom is 0.247 e. The minimum Gasteiger partial charge on any atom is -0.340 e. The van der Waals surface area contributed by atoms with E-state index in [1.165, 1.54) is 0 Å².